The maximum Gasteiger partial charge on any atom is 0.261 e. The molecule has 0 unspecified atom stereocenters. The fourth-order valence-electron chi connectivity index (χ4n) is 3.41. The lowest BCUT2D eigenvalue weighted by atomic mass is 10.1. The van der Waals surface area contributed by atoms with Crippen LogP contribution in [0.25, 0.3) is 11.1 Å². The number of carbonyl (C=O) groups is 1. The molecule has 0 aliphatic carbocycles. The summed E-state index contributed by atoms with van der Waals surface area (Å²) >= 11 is 1.53. The molecule has 1 amide bonds. The summed E-state index contributed by atoms with van der Waals surface area (Å²) in [5, 5.41) is 4.08. The molecule has 1 aliphatic heterocycles. The molecule has 1 N–H and O–H groups in total. The predicted molar refractivity (Wildman–Crippen MR) is 124 cm³/mol. The van der Waals surface area contributed by atoms with Crippen molar-refractivity contribution in [3.05, 3.63) is 65.5 Å². The predicted octanol–water partition coefficient (Wildman–Crippen LogP) is 4.07. The number of anilines is 1. The largest absolute Gasteiger partial charge is 0.497 e. The molecule has 3 aromatic rings. The molecule has 0 saturated carbocycles. The van der Waals surface area contributed by atoms with Crippen molar-refractivity contribution in [2.45, 2.75) is 0 Å². The molecule has 1 aromatic heterocycles. The summed E-state index contributed by atoms with van der Waals surface area (Å²) in [6.07, 6.45) is 0. The van der Waals surface area contributed by atoms with Gasteiger partial charge < -0.3 is 24.4 Å². The Morgan fingerprint density at radius 3 is 2.48 bits per heavy atom. The van der Waals surface area contributed by atoms with Gasteiger partial charge >= 0.3 is 0 Å². The molecule has 31 heavy (non-hydrogen) atoms. The van der Waals surface area contributed by atoms with E-state index in [2.05, 4.69) is 22.3 Å². The molecular weight excluding hydrogens is 412 g/mol. The van der Waals surface area contributed by atoms with Crippen molar-refractivity contribution >= 4 is 22.2 Å². The topological polar surface area (TPSA) is 60.0 Å². The molecule has 2 heterocycles. The number of morpholine rings is 1. The Hall–Kier alpha value is -3.03. The first kappa shape index (κ1) is 21.2. The van der Waals surface area contributed by atoms with Gasteiger partial charge in [0.25, 0.3) is 5.91 Å². The van der Waals surface area contributed by atoms with Gasteiger partial charge in [-0.05, 0) is 35.9 Å². The van der Waals surface area contributed by atoms with Gasteiger partial charge in [0, 0.05) is 18.7 Å². The van der Waals surface area contributed by atoms with Crippen LogP contribution in [-0.4, -0.2) is 52.5 Å². The fraction of sp³-hybridized carbons (Fsp3) is 0.292. The van der Waals surface area contributed by atoms with Crippen molar-refractivity contribution in [2.75, 3.05) is 51.5 Å². The molecule has 0 bridgehead atoms. The summed E-state index contributed by atoms with van der Waals surface area (Å²) in [5.41, 5.74) is 2.20. The van der Waals surface area contributed by atoms with Crippen molar-refractivity contribution in [1.29, 1.82) is 0 Å². The van der Waals surface area contributed by atoms with E-state index in [-0.39, 0.29) is 5.91 Å². The number of amides is 1. The van der Waals surface area contributed by atoms with E-state index in [1.807, 2.05) is 48.5 Å². The van der Waals surface area contributed by atoms with Crippen LogP contribution in [0.5, 0.6) is 11.5 Å². The normalized spacial score (nSPS) is 13.6. The highest BCUT2D eigenvalue weighted by Crippen LogP contribution is 2.39. The zero-order valence-electron chi connectivity index (χ0n) is 17.5. The third kappa shape index (κ3) is 5.37. The van der Waals surface area contributed by atoms with Crippen molar-refractivity contribution in [2.24, 2.45) is 0 Å². The van der Waals surface area contributed by atoms with Gasteiger partial charge in [-0.1, -0.05) is 30.3 Å². The fourth-order valence-corrected chi connectivity index (χ4v) is 4.56. The van der Waals surface area contributed by atoms with E-state index < -0.39 is 0 Å². The van der Waals surface area contributed by atoms with Crippen LogP contribution in [-0.2, 0) is 4.74 Å². The lowest BCUT2D eigenvalue weighted by Gasteiger charge is -2.28. The van der Waals surface area contributed by atoms with E-state index in [9.17, 15) is 4.79 Å². The van der Waals surface area contributed by atoms with E-state index in [0.29, 0.717) is 31.2 Å². The first-order chi connectivity index (χ1) is 15.2. The number of thiophene rings is 1. The molecular formula is C24H26N2O4S. The summed E-state index contributed by atoms with van der Waals surface area (Å²) in [4.78, 5) is 15.8. The SMILES string of the molecule is COc1ccc(OCCNC(=O)c2cc(-c3ccccc3)c(N3CCOCC3)s2)cc1. The van der Waals surface area contributed by atoms with Gasteiger partial charge in [0.1, 0.15) is 18.1 Å². The van der Waals surface area contributed by atoms with E-state index in [1.165, 1.54) is 11.3 Å². The van der Waals surface area contributed by atoms with Crippen LogP contribution < -0.4 is 19.7 Å². The number of carbonyl (C=O) groups excluding carboxylic acids is 1. The van der Waals surface area contributed by atoms with Gasteiger partial charge in [0.05, 0.1) is 36.7 Å². The van der Waals surface area contributed by atoms with Crippen LogP contribution in [0.1, 0.15) is 9.67 Å². The Morgan fingerprint density at radius 1 is 1.06 bits per heavy atom. The molecule has 4 rings (SSSR count). The number of nitrogens with zero attached hydrogens (tertiary/aromatic N) is 1. The minimum Gasteiger partial charge on any atom is -0.497 e. The summed E-state index contributed by atoms with van der Waals surface area (Å²) in [6.45, 7) is 3.89. The average Bonchev–Trinajstić information content (AvgIpc) is 3.29. The highest BCUT2D eigenvalue weighted by atomic mass is 32.1. The van der Waals surface area contributed by atoms with Crippen molar-refractivity contribution in [3.8, 4) is 22.6 Å². The second-order valence-corrected chi connectivity index (χ2v) is 8.11. The molecule has 1 fully saturated rings. The van der Waals surface area contributed by atoms with Gasteiger partial charge in [0.15, 0.2) is 0 Å². The highest BCUT2D eigenvalue weighted by molar-refractivity contribution is 7.18. The number of hydrogen-bond acceptors (Lipinski definition) is 6. The smallest absolute Gasteiger partial charge is 0.261 e. The third-order valence-corrected chi connectivity index (χ3v) is 6.23. The highest BCUT2D eigenvalue weighted by Gasteiger charge is 2.21. The Bertz CT molecular complexity index is 983. The number of ether oxygens (including phenoxy) is 3. The van der Waals surface area contributed by atoms with E-state index in [0.717, 1.165) is 40.7 Å². The van der Waals surface area contributed by atoms with Crippen LogP contribution in [0.3, 0.4) is 0 Å². The van der Waals surface area contributed by atoms with Gasteiger partial charge in [0.2, 0.25) is 0 Å². The summed E-state index contributed by atoms with van der Waals surface area (Å²) in [5.74, 6) is 1.44. The van der Waals surface area contributed by atoms with Crippen LogP contribution in [0.2, 0.25) is 0 Å². The molecule has 0 spiro atoms. The third-order valence-electron chi connectivity index (χ3n) is 5.04. The maximum absolute atomic E-state index is 12.8. The monoisotopic (exact) mass is 438 g/mol. The molecule has 7 heteroatoms. The molecule has 1 aliphatic rings. The molecule has 2 aromatic carbocycles. The maximum atomic E-state index is 12.8. The quantitative estimate of drug-likeness (QED) is 0.538. The molecule has 162 valence electrons. The lowest BCUT2D eigenvalue weighted by molar-refractivity contribution is 0.0951. The molecule has 0 radical (unpaired) electrons. The van der Waals surface area contributed by atoms with E-state index in [4.69, 9.17) is 14.2 Å². The van der Waals surface area contributed by atoms with Gasteiger partial charge in [-0.25, -0.2) is 0 Å². The number of nitrogens with one attached hydrogen (secondary N) is 1. The lowest BCUT2D eigenvalue weighted by Crippen LogP contribution is -2.35. The number of rotatable bonds is 8. The summed E-state index contributed by atoms with van der Waals surface area (Å²) in [7, 11) is 1.63. The van der Waals surface area contributed by atoms with E-state index >= 15 is 0 Å². The Labute approximate surface area is 186 Å². The van der Waals surface area contributed by atoms with Gasteiger partial charge in [-0.3, -0.25) is 4.79 Å². The molecule has 6 nitrogen and oxygen atoms in total. The second kappa shape index (κ2) is 10.3. The summed E-state index contributed by atoms with van der Waals surface area (Å²) in [6, 6.07) is 19.6. The number of hydrogen-bond donors (Lipinski definition) is 1. The van der Waals surface area contributed by atoms with Crippen LogP contribution in [0, 0.1) is 0 Å². The zero-order valence-corrected chi connectivity index (χ0v) is 18.3. The zero-order chi connectivity index (χ0) is 21.5. The first-order valence-corrected chi connectivity index (χ1v) is 11.1. The van der Waals surface area contributed by atoms with Crippen molar-refractivity contribution in [3.63, 3.8) is 0 Å². The standard InChI is InChI=1S/C24H26N2O4S/c1-28-19-7-9-20(10-8-19)30-14-11-25-23(27)22-17-21(18-5-3-2-4-6-18)24(31-22)26-12-15-29-16-13-26/h2-10,17H,11-16H2,1H3,(H,25,27). The number of benzene rings is 2. The molecule has 1 saturated heterocycles. The second-order valence-electron chi connectivity index (χ2n) is 7.07. The van der Waals surface area contributed by atoms with Gasteiger partial charge in [-0.15, -0.1) is 11.3 Å². The van der Waals surface area contributed by atoms with Crippen LogP contribution >= 0.6 is 11.3 Å². The number of methoxy groups -OCH3 is 1. The van der Waals surface area contributed by atoms with E-state index in [1.54, 1.807) is 7.11 Å². The van der Waals surface area contributed by atoms with Crippen molar-refractivity contribution < 1.29 is 19.0 Å². The first-order valence-electron chi connectivity index (χ1n) is 10.3. The van der Waals surface area contributed by atoms with Crippen LogP contribution in [0.15, 0.2) is 60.7 Å². The minimum atomic E-state index is -0.0833. The Kier molecular flexibility index (Phi) is 7.07. The van der Waals surface area contributed by atoms with Gasteiger partial charge in [-0.2, -0.15) is 0 Å². The Morgan fingerprint density at radius 2 is 1.77 bits per heavy atom. The molecule has 0 atom stereocenters. The minimum absolute atomic E-state index is 0.0833. The van der Waals surface area contributed by atoms with Crippen molar-refractivity contribution in [1.82, 2.24) is 5.32 Å². The Balaban J connectivity index is 1.40. The summed E-state index contributed by atoms with van der Waals surface area (Å²) < 4.78 is 16.3. The average molecular weight is 439 g/mol. The van der Waals surface area contributed by atoms with Crippen LogP contribution in [0.4, 0.5) is 5.00 Å².